The predicted molar refractivity (Wildman–Crippen MR) is 52.6 cm³/mol. The molecule has 1 unspecified atom stereocenters. The zero-order chi connectivity index (χ0) is 15.2. The Morgan fingerprint density at radius 1 is 1.00 bits per heavy atom. The average Bonchev–Trinajstić information content (AvgIpc) is 2.13. The third-order valence-electron chi connectivity index (χ3n) is 3.07. The lowest BCUT2D eigenvalue weighted by molar-refractivity contribution is -1.10. The van der Waals surface area contributed by atoms with Crippen LogP contribution in [0, 0.1) is 5.92 Å². The molecule has 0 aromatic carbocycles. The second-order valence-electron chi connectivity index (χ2n) is 4.49. The van der Waals surface area contributed by atoms with Crippen LogP contribution in [-0.2, 0) is 4.79 Å². The Labute approximate surface area is 102 Å². The number of rotatable bonds is 5. The Morgan fingerprint density at radius 3 is 1.56 bits per heavy atom. The van der Waals surface area contributed by atoms with Gasteiger partial charge in [0.1, 0.15) is 5.92 Å². The quantitative estimate of drug-likeness (QED) is 0.181. The van der Waals surface area contributed by atoms with Crippen LogP contribution in [0.1, 0.15) is 6.92 Å². The Morgan fingerprint density at radius 2 is 1.33 bits per heavy atom. The number of nitrogens with zero attached hydrogens (tertiary/aromatic N) is 1. The average molecular weight is 272 g/mol. The number of hydrogen-bond acceptors (Lipinski definition) is 8. The SMILES string of the molecule is CC(C(O)(O)C(=O)O)C(O)(O)[N+](C)(C)C(O)(O)O. The molecule has 0 aliphatic rings. The summed E-state index contributed by atoms with van der Waals surface area (Å²) in [5.74, 6) is -11.3. The van der Waals surface area contributed by atoms with E-state index < -0.39 is 34.2 Å². The summed E-state index contributed by atoms with van der Waals surface area (Å²) in [4.78, 5) is 10.6. The van der Waals surface area contributed by atoms with Gasteiger partial charge in [0, 0.05) is 0 Å². The van der Waals surface area contributed by atoms with Gasteiger partial charge in [0.25, 0.3) is 5.79 Å². The highest BCUT2D eigenvalue weighted by atomic mass is 16.7. The maximum atomic E-state index is 10.6. The minimum Gasteiger partial charge on any atom is -0.477 e. The van der Waals surface area contributed by atoms with E-state index in [0.29, 0.717) is 14.1 Å². The number of quaternary nitrogens is 1. The van der Waals surface area contributed by atoms with Gasteiger partial charge >= 0.3 is 18.0 Å². The lowest BCUT2D eigenvalue weighted by Crippen LogP contribution is -2.76. The molecule has 0 bridgehead atoms. The molecule has 10 heteroatoms. The molecule has 8 N–H and O–H groups in total. The Balaban J connectivity index is 5.60. The summed E-state index contributed by atoms with van der Waals surface area (Å²) in [6.07, 6.45) is -3.66. The molecule has 0 spiro atoms. The number of aliphatic carboxylic acids is 1. The number of carboxylic acid groups (broad SMARTS) is 1. The molecule has 0 rings (SSSR count). The fourth-order valence-electron chi connectivity index (χ4n) is 1.16. The second-order valence-corrected chi connectivity index (χ2v) is 4.49. The van der Waals surface area contributed by atoms with Crippen LogP contribution in [0.25, 0.3) is 0 Å². The topological polar surface area (TPSA) is 179 Å². The van der Waals surface area contributed by atoms with Crippen molar-refractivity contribution in [1.82, 2.24) is 0 Å². The fourth-order valence-corrected chi connectivity index (χ4v) is 1.16. The van der Waals surface area contributed by atoms with Gasteiger partial charge < -0.3 is 25.5 Å². The Hall–Kier alpha value is -0.850. The van der Waals surface area contributed by atoms with Crippen molar-refractivity contribution >= 4 is 5.97 Å². The first-order valence-corrected chi connectivity index (χ1v) is 4.74. The van der Waals surface area contributed by atoms with E-state index in [1.54, 1.807) is 0 Å². The van der Waals surface area contributed by atoms with Gasteiger partial charge in [0.05, 0.1) is 14.1 Å². The third kappa shape index (κ3) is 2.46. The Bertz CT molecular complexity index is 330. The molecule has 1 atom stereocenters. The normalized spacial score (nSPS) is 16.6. The smallest absolute Gasteiger partial charge is 0.445 e. The molecule has 0 aliphatic heterocycles. The van der Waals surface area contributed by atoms with E-state index in [0.717, 1.165) is 6.92 Å². The van der Waals surface area contributed by atoms with Gasteiger partial charge in [-0.15, -0.1) is 0 Å². The predicted octanol–water partition coefficient (Wildman–Crippen LogP) is -4.31. The summed E-state index contributed by atoms with van der Waals surface area (Å²) in [5, 5.41) is 73.3. The first kappa shape index (κ1) is 17.2. The van der Waals surface area contributed by atoms with Crippen molar-refractivity contribution in [2.24, 2.45) is 5.92 Å². The summed E-state index contributed by atoms with van der Waals surface area (Å²) < 4.78 is -1.77. The molecule has 0 saturated heterocycles. The van der Waals surface area contributed by atoms with Crippen LogP contribution in [0.2, 0.25) is 0 Å². The summed E-state index contributed by atoms with van der Waals surface area (Å²) in [6, 6.07) is 0. The third-order valence-corrected chi connectivity index (χ3v) is 3.07. The van der Waals surface area contributed by atoms with Gasteiger partial charge in [0.2, 0.25) is 0 Å². The van der Waals surface area contributed by atoms with Crippen LogP contribution < -0.4 is 0 Å². The number of hydrogen-bond donors (Lipinski definition) is 8. The summed E-state index contributed by atoms with van der Waals surface area (Å²) in [6.45, 7) is 0.722. The fraction of sp³-hybridized carbons (Fsp3) is 0.875. The maximum absolute atomic E-state index is 10.6. The van der Waals surface area contributed by atoms with Crippen LogP contribution in [0.5, 0.6) is 0 Å². The first-order chi connectivity index (χ1) is 7.60. The largest absolute Gasteiger partial charge is 0.477 e. The molecule has 0 heterocycles. The van der Waals surface area contributed by atoms with Crippen molar-refractivity contribution in [2.45, 2.75) is 24.7 Å². The minimum atomic E-state index is -3.66. The second kappa shape index (κ2) is 4.36. The van der Waals surface area contributed by atoms with Crippen molar-refractivity contribution in [3.05, 3.63) is 0 Å². The highest BCUT2D eigenvalue weighted by molar-refractivity contribution is 5.75. The van der Waals surface area contributed by atoms with E-state index in [2.05, 4.69) is 0 Å². The zero-order valence-electron chi connectivity index (χ0n) is 10.0. The zero-order valence-corrected chi connectivity index (χ0v) is 10.0. The summed E-state index contributed by atoms with van der Waals surface area (Å²) >= 11 is 0. The molecule has 0 amide bonds. The molecule has 108 valence electrons. The van der Waals surface area contributed by atoms with E-state index in [4.69, 9.17) is 20.4 Å². The Kier molecular flexibility index (Phi) is 4.16. The number of carboxylic acids is 1. The van der Waals surface area contributed by atoms with Gasteiger partial charge in [-0.3, -0.25) is 15.3 Å². The van der Waals surface area contributed by atoms with Gasteiger partial charge in [-0.1, -0.05) is 0 Å². The van der Waals surface area contributed by atoms with E-state index in [9.17, 15) is 25.2 Å². The highest BCUT2D eigenvalue weighted by Crippen LogP contribution is 2.34. The molecule has 10 nitrogen and oxygen atoms in total. The lowest BCUT2D eigenvalue weighted by atomic mass is 9.94. The molecule has 0 aliphatic carbocycles. The molecular weight excluding hydrogens is 254 g/mol. The van der Waals surface area contributed by atoms with Crippen LogP contribution in [0.3, 0.4) is 0 Å². The van der Waals surface area contributed by atoms with Gasteiger partial charge in [-0.25, -0.2) is 4.79 Å². The van der Waals surface area contributed by atoms with Gasteiger partial charge in [0.15, 0.2) is 0 Å². The summed E-state index contributed by atoms with van der Waals surface area (Å²) in [5.41, 5.74) is 0. The van der Waals surface area contributed by atoms with E-state index in [1.807, 2.05) is 0 Å². The highest BCUT2D eigenvalue weighted by Gasteiger charge is 2.65. The lowest BCUT2D eigenvalue weighted by Gasteiger charge is -2.47. The van der Waals surface area contributed by atoms with Crippen LogP contribution in [0.4, 0.5) is 0 Å². The van der Waals surface area contributed by atoms with Crippen molar-refractivity contribution < 1.29 is 50.1 Å². The molecular formula is C8H18NO9+. The van der Waals surface area contributed by atoms with Crippen molar-refractivity contribution in [3.63, 3.8) is 0 Å². The van der Waals surface area contributed by atoms with E-state index >= 15 is 0 Å². The van der Waals surface area contributed by atoms with Crippen LogP contribution in [0.15, 0.2) is 0 Å². The van der Waals surface area contributed by atoms with Gasteiger partial charge in [-0.2, -0.15) is 4.48 Å². The molecule has 0 radical (unpaired) electrons. The van der Waals surface area contributed by atoms with Crippen molar-refractivity contribution in [1.29, 1.82) is 0 Å². The summed E-state index contributed by atoms with van der Waals surface area (Å²) in [7, 11) is 1.43. The molecule has 0 aromatic rings. The molecule has 0 fully saturated rings. The van der Waals surface area contributed by atoms with Crippen LogP contribution >= 0.6 is 0 Å². The van der Waals surface area contributed by atoms with Gasteiger partial charge in [-0.05, 0) is 6.92 Å². The maximum Gasteiger partial charge on any atom is 0.445 e. The monoisotopic (exact) mass is 272 g/mol. The van der Waals surface area contributed by atoms with E-state index in [1.165, 1.54) is 0 Å². The van der Waals surface area contributed by atoms with Crippen LogP contribution in [-0.4, -0.2) is 83.2 Å². The minimum absolute atomic E-state index is 0.717. The molecule has 18 heavy (non-hydrogen) atoms. The van der Waals surface area contributed by atoms with E-state index in [-0.39, 0.29) is 0 Å². The standard InChI is InChI=1S/C8H17NO9/c1-4(6(12,13)5(10)11)7(14,15)9(2,3)8(16,17)18/h4,12-18H,1-3H3/p+1. The number of carbonyl (C=O) groups is 1. The first-order valence-electron chi connectivity index (χ1n) is 4.74. The van der Waals surface area contributed by atoms with Crippen molar-refractivity contribution in [3.8, 4) is 0 Å². The number of aliphatic hydroxyl groups is 7. The molecule has 0 saturated carbocycles. The molecule has 0 aromatic heterocycles. The van der Waals surface area contributed by atoms with Crippen molar-refractivity contribution in [2.75, 3.05) is 14.1 Å².